The Hall–Kier alpha value is -2.77. The number of esters is 4. The van der Waals surface area contributed by atoms with Gasteiger partial charge >= 0.3 is 23.9 Å². The van der Waals surface area contributed by atoms with E-state index >= 15 is 0 Å². The van der Waals surface area contributed by atoms with Crippen molar-refractivity contribution >= 4 is 29.8 Å². The number of hydrogen-bond donors (Lipinski definition) is 2. The van der Waals surface area contributed by atoms with Crippen molar-refractivity contribution < 1.29 is 57.5 Å². The number of carbonyl (C=O) groups is 5. The number of aliphatic hydroxyl groups excluding tert-OH is 1. The van der Waals surface area contributed by atoms with E-state index < -0.39 is 79.9 Å². The van der Waals surface area contributed by atoms with E-state index in [1.165, 1.54) is 6.92 Å². The van der Waals surface area contributed by atoms with Gasteiger partial charge in [-0.3, -0.25) is 24.0 Å². The van der Waals surface area contributed by atoms with E-state index in [4.69, 9.17) is 23.7 Å². The fraction of sp³-hybridized carbons (Fsp3) is 0.722. The molecular weight excluding hydrogens is 422 g/mol. The number of carbonyl (C=O) groups excluding carboxylic acids is 5. The molecule has 13 nitrogen and oxygen atoms in total. The molecule has 0 aromatic heterocycles. The maximum Gasteiger partial charge on any atom is 0.305 e. The summed E-state index contributed by atoms with van der Waals surface area (Å²) in [7, 11) is 0. The molecule has 0 aliphatic carbocycles. The van der Waals surface area contributed by atoms with Crippen molar-refractivity contribution in [2.75, 3.05) is 13.2 Å². The third-order valence-electron chi connectivity index (χ3n) is 3.79. The summed E-state index contributed by atoms with van der Waals surface area (Å²) in [5.41, 5.74) is 0. The Balaban J connectivity index is 3.28. The van der Waals surface area contributed by atoms with Crippen molar-refractivity contribution in [2.45, 2.75) is 71.6 Å². The van der Waals surface area contributed by atoms with E-state index in [0.717, 1.165) is 27.7 Å². The summed E-state index contributed by atoms with van der Waals surface area (Å²) in [6.45, 7) is 4.64. The molecule has 1 fully saturated rings. The van der Waals surface area contributed by atoms with E-state index in [1.54, 1.807) is 0 Å². The van der Waals surface area contributed by atoms with Crippen LogP contribution in [-0.4, -0.2) is 85.0 Å². The first kappa shape index (κ1) is 26.3. The SMILES string of the molecule is CC(=O)NC1C(OC(C)=O)OC(COC(C)=O)C(O[C@H](O)COC(C)=O)C1OC(C)=O. The predicted octanol–water partition coefficient (Wildman–Crippen LogP) is -1.46. The van der Waals surface area contributed by atoms with Crippen molar-refractivity contribution in [1.29, 1.82) is 0 Å². The van der Waals surface area contributed by atoms with Crippen LogP contribution in [0.3, 0.4) is 0 Å². The van der Waals surface area contributed by atoms with Crippen molar-refractivity contribution in [3.8, 4) is 0 Å². The van der Waals surface area contributed by atoms with Gasteiger partial charge in [-0.05, 0) is 0 Å². The van der Waals surface area contributed by atoms with E-state index in [0.29, 0.717) is 0 Å². The molecule has 0 aromatic carbocycles. The first-order chi connectivity index (χ1) is 14.4. The molecule has 1 aliphatic rings. The maximum atomic E-state index is 11.7. The monoisotopic (exact) mass is 449 g/mol. The Bertz CT molecular complexity index is 680. The van der Waals surface area contributed by atoms with Crippen LogP contribution >= 0.6 is 0 Å². The van der Waals surface area contributed by atoms with Crippen LogP contribution in [0.5, 0.6) is 0 Å². The van der Waals surface area contributed by atoms with Crippen molar-refractivity contribution in [2.24, 2.45) is 0 Å². The lowest BCUT2D eigenvalue weighted by Crippen LogP contribution is -2.67. The molecule has 13 heteroatoms. The van der Waals surface area contributed by atoms with Crippen LogP contribution in [0, 0.1) is 0 Å². The Morgan fingerprint density at radius 2 is 1.45 bits per heavy atom. The van der Waals surface area contributed by atoms with Gasteiger partial charge in [0.2, 0.25) is 12.2 Å². The molecule has 0 saturated carbocycles. The average molecular weight is 449 g/mol. The zero-order valence-corrected chi connectivity index (χ0v) is 17.8. The number of aliphatic hydroxyl groups is 1. The summed E-state index contributed by atoms with van der Waals surface area (Å²) in [6.07, 6.45) is -6.98. The van der Waals surface area contributed by atoms with Crippen LogP contribution in [-0.2, 0) is 52.4 Å². The fourth-order valence-corrected chi connectivity index (χ4v) is 2.79. The Morgan fingerprint density at radius 3 is 1.94 bits per heavy atom. The van der Waals surface area contributed by atoms with E-state index in [1.807, 2.05) is 0 Å². The number of amides is 1. The summed E-state index contributed by atoms with van der Waals surface area (Å²) in [5, 5.41) is 12.6. The summed E-state index contributed by atoms with van der Waals surface area (Å²) >= 11 is 0. The second-order valence-corrected chi connectivity index (χ2v) is 6.61. The normalized spacial score (nSPS) is 26.2. The van der Waals surface area contributed by atoms with Gasteiger partial charge in [-0.15, -0.1) is 0 Å². The number of hydrogen-bond acceptors (Lipinski definition) is 12. The molecule has 1 saturated heterocycles. The molecule has 0 bridgehead atoms. The lowest BCUT2D eigenvalue weighted by molar-refractivity contribution is -0.297. The third-order valence-corrected chi connectivity index (χ3v) is 3.79. The molecule has 1 heterocycles. The van der Waals surface area contributed by atoms with Gasteiger partial charge in [-0.1, -0.05) is 0 Å². The molecule has 6 atom stereocenters. The van der Waals surface area contributed by atoms with Gasteiger partial charge < -0.3 is 38.8 Å². The minimum atomic E-state index is -1.68. The minimum absolute atomic E-state index is 0.428. The predicted molar refractivity (Wildman–Crippen MR) is 97.7 cm³/mol. The second-order valence-electron chi connectivity index (χ2n) is 6.61. The standard InChI is InChI=1S/C18H27NO12/c1-8(20)19-15-17(28-11(4)23)16(31-14(25)7-27-10(3)22)13(6-26-9(2)21)30-18(15)29-12(5)24/h13-18,25H,6-7H2,1-5H3,(H,19,20)/t13?,14-,15?,16?,17?,18?/m0/s1. The molecule has 0 aromatic rings. The number of ether oxygens (including phenoxy) is 6. The third kappa shape index (κ3) is 9.27. The highest BCUT2D eigenvalue weighted by atomic mass is 16.7. The summed E-state index contributed by atoms with van der Waals surface area (Å²) in [4.78, 5) is 57.2. The van der Waals surface area contributed by atoms with E-state index in [-0.39, 0.29) is 0 Å². The Kier molecular flexibility index (Phi) is 10.3. The molecule has 0 spiro atoms. The van der Waals surface area contributed by atoms with Crippen LogP contribution < -0.4 is 5.32 Å². The first-order valence-corrected chi connectivity index (χ1v) is 9.28. The van der Waals surface area contributed by atoms with E-state index in [2.05, 4.69) is 10.1 Å². The molecule has 176 valence electrons. The molecule has 1 rings (SSSR count). The van der Waals surface area contributed by atoms with Gasteiger partial charge in [0.25, 0.3) is 0 Å². The lowest BCUT2D eigenvalue weighted by Gasteiger charge is -2.45. The number of rotatable bonds is 9. The maximum absolute atomic E-state index is 11.7. The molecular formula is C18H27NO12. The zero-order valence-electron chi connectivity index (χ0n) is 17.8. The Labute approximate surface area is 178 Å². The smallest absolute Gasteiger partial charge is 0.305 e. The van der Waals surface area contributed by atoms with Crippen LogP contribution in [0.25, 0.3) is 0 Å². The van der Waals surface area contributed by atoms with Crippen molar-refractivity contribution in [3.63, 3.8) is 0 Å². The highest BCUT2D eigenvalue weighted by Crippen LogP contribution is 2.28. The van der Waals surface area contributed by atoms with Gasteiger partial charge in [0.15, 0.2) is 12.4 Å². The second kappa shape index (κ2) is 12.2. The molecule has 2 N–H and O–H groups in total. The minimum Gasteiger partial charge on any atom is -0.463 e. The number of nitrogens with one attached hydrogen (secondary N) is 1. The van der Waals surface area contributed by atoms with Gasteiger partial charge in [0.1, 0.15) is 31.5 Å². The average Bonchev–Trinajstić information content (AvgIpc) is 2.62. The Morgan fingerprint density at radius 1 is 0.871 bits per heavy atom. The van der Waals surface area contributed by atoms with Crippen LogP contribution in [0.15, 0.2) is 0 Å². The largest absolute Gasteiger partial charge is 0.463 e. The molecule has 1 aliphatic heterocycles. The quantitative estimate of drug-likeness (QED) is 0.238. The highest BCUT2D eigenvalue weighted by Gasteiger charge is 2.51. The van der Waals surface area contributed by atoms with Gasteiger partial charge in [-0.2, -0.15) is 0 Å². The van der Waals surface area contributed by atoms with Crippen molar-refractivity contribution in [1.82, 2.24) is 5.32 Å². The van der Waals surface area contributed by atoms with E-state index in [9.17, 15) is 29.1 Å². The first-order valence-electron chi connectivity index (χ1n) is 9.28. The van der Waals surface area contributed by atoms with Gasteiger partial charge in [0, 0.05) is 34.6 Å². The molecule has 5 unspecified atom stereocenters. The van der Waals surface area contributed by atoms with Crippen LogP contribution in [0.1, 0.15) is 34.6 Å². The molecule has 31 heavy (non-hydrogen) atoms. The fourth-order valence-electron chi connectivity index (χ4n) is 2.79. The summed E-state index contributed by atoms with van der Waals surface area (Å²) in [5.74, 6) is -3.46. The topological polar surface area (TPSA) is 173 Å². The zero-order chi connectivity index (χ0) is 23.7. The molecule has 0 radical (unpaired) electrons. The summed E-state index contributed by atoms with van der Waals surface area (Å²) < 4.78 is 31.1. The van der Waals surface area contributed by atoms with Crippen LogP contribution in [0.4, 0.5) is 0 Å². The highest BCUT2D eigenvalue weighted by molar-refractivity contribution is 5.74. The van der Waals surface area contributed by atoms with Crippen molar-refractivity contribution in [3.05, 3.63) is 0 Å². The summed E-state index contributed by atoms with van der Waals surface area (Å²) in [6, 6.07) is -1.23. The van der Waals surface area contributed by atoms with Gasteiger partial charge in [-0.25, -0.2) is 0 Å². The van der Waals surface area contributed by atoms with Gasteiger partial charge in [0.05, 0.1) is 0 Å². The lowest BCUT2D eigenvalue weighted by atomic mass is 9.96. The molecule has 1 amide bonds. The van der Waals surface area contributed by atoms with Crippen LogP contribution in [0.2, 0.25) is 0 Å².